The molecule has 0 bridgehead atoms. The topological polar surface area (TPSA) is 47.9 Å². The fraction of sp³-hybridized carbons (Fsp3) is 1.00. The van der Waals surface area contributed by atoms with Crippen molar-refractivity contribution in [2.75, 3.05) is 33.0 Å². The van der Waals surface area contributed by atoms with Gasteiger partial charge in [-0.25, -0.2) is 0 Å². The van der Waals surface area contributed by atoms with Crippen molar-refractivity contribution in [2.24, 2.45) is 5.92 Å². The highest BCUT2D eigenvalue weighted by molar-refractivity contribution is 4.71. The Morgan fingerprint density at radius 2 is 1.94 bits per heavy atom. The summed E-state index contributed by atoms with van der Waals surface area (Å²) in [5, 5.41) is 8.97. The maximum atomic E-state index is 8.97. The van der Waals surface area contributed by atoms with Gasteiger partial charge in [0.25, 0.3) is 0 Å². The molecule has 17 heavy (non-hydrogen) atoms. The molecule has 1 rings (SSSR count). The molecule has 0 aromatic heterocycles. The number of unbranched alkanes of at least 4 members (excludes halogenated alkanes) is 2. The molecule has 0 aromatic rings. The fourth-order valence-electron chi connectivity index (χ4n) is 1.74. The van der Waals surface area contributed by atoms with Crippen LogP contribution in [0.2, 0.25) is 0 Å². The standard InChI is InChI=1S/C13H26O4/c1-3-4-5-7-15-8-6-13(2)16-10-12(9-14)11-17-13/h12,14H,3-11H2,1-2H3. The molecule has 4 heteroatoms. The first-order valence-corrected chi connectivity index (χ1v) is 6.66. The minimum atomic E-state index is -0.531. The van der Waals surface area contributed by atoms with Gasteiger partial charge in [0, 0.05) is 18.9 Å². The number of hydrogen-bond acceptors (Lipinski definition) is 4. The smallest absolute Gasteiger partial charge is 0.167 e. The van der Waals surface area contributed by atoms with Gasteiger partial charge in [-0.1, -0.05) is 19.8 Å². The van der Waals surface area contributed by atoms with E-state index in [2.05, 4.69) is 6.92 Å². The molecule has 4 nitrogen and oxygen atoms in total. The molecule has 0 amide bonds. The van der Waals surface area contributed by atoms with Crippen molar-refractivity contribution in [1.29, 1.82) is 0 Å². The van der Waals surface area contributed by atoms with E-state index in [-0.39, 0.29) is 12.5 Å². The van der Waals surface area contributed by atoms with Crippen molar-refractivity contribution in [3.05, 3.63) is 0 Å². The molecule has 0 atom stereocenters. The third kappa shape index (κ3) is 5.82. The van der Waals surface area contributed by atoms with Crippen LogP contribution in [0.15, 0.2) is 0 Å². The van der Waals surface area contributed by atoms with Crippen LogP contribution < -0.4 is 0 Å². The summed E-state index contributed by atoms with van der Waals surface area (Å²) in [4.78, 5) is 0. The van der Waals surface area contributed by atoms with E-state index in [9.17, 15) is 0 Å². The predicted octanol–water partition coefficient (Wildman–Crippen LogP) is 1.95. The maximum absolute atomic E-state index is 8.97. The largest absolute Gasteiger partial charge is 0.396 e. The zero-order valence-electron chi connectivity index (χ0n) is 11.1. The van der Waals surface area contributed by atoms with E-state index < -0.39 is 5.79 Å². The van der Waals surface area contributed by atoms with Crippen molar-refractivity contribution in [1.82, 2.24) is 0 Å². The van der Waals surface area contributed by atoms with Gasteiger partial charge in [0.05, 0.1) is 26.4 Å². The molecule has 1 aliphatic rings. The third-order valence-corrected chi connectivity index (χ3v) is 3.10. The molecule has 0 radical (unpaired) electrons. The maximum Gasteiger partial charge on any atom is 0.167 e. The number of rotatable bonds is 8. The highest BCUT2D eigenvalue weighted by Crippen LogP contribution is 2.24. The molecule has 0 saturated carbocycles. The van der Waals surface area contributed by atoms with Gasteiger partial charge in [0.1, 0.15) is 0 Å². The Morgan fingerprint density at radius 1 is 1.24 bits per heavy atom. The van der Waals surface area contributed by atoms with Gasteiger partial charge in [-0.2, -0.15) is 0 Å². The van der Waals surface area contributed by atoms with Crippen molar-refractivity contribution in [3.63, 3.8) is 0 Å². The Morgan fingerprint density at radius 3 is 2.53 bits per heavy atom. The molecule has 0 spiro atoms. The lowest BCUT2D eigenvalue weighted by molar-refractivity contribution is -0.281. The molecule has 1 N–H and O–H groups in total. The summed E-state index contributed by atoms with van der Waals surface area (Å²) in [6, 6.07) is 0. The Hall–Kier alpha value is -0.160. The molecule has 0 aromatic carbocycles. The second-order valence-electron chi connectivity index (χ2n) is 4.87. The second-order valence-corrected chi connectivity index (χ2v) is 4.87. The van der Waals surface area contributed by atoms with E-state index in [0.29, 0.717) is 19.8 Å². The highest BCUT2D eigenvalue weighted by atomic mass is 16.7. The summed E-state index contributed by atoms with van der Waals surface area (Å²) in [5.41, 5.74) is 0. The van der Waals surface area contributed by atoms with E-state index in [1.807, 2.05) is 6.92 Å². The first kappa shape index (κ1) is 14.9. The van der Waals surface area contributed by atoms with Crippen LogP contribution in [0.5, 0.6) is 0 Å². The molecular weight excluding hydrogens is 220 g/mol. The summed E-state index contributed by atoms with van der Waals surface area (Å²) in [6.45, 7) is 6.89. The van der Waals surface area contributed by atoms with Crippen LogP contribution in [0, 0.1) is 5.92 Å². The lowest BCUT2D eigenvalue weighted by atomic mass is 10.1. The Bertz CT molecular complexity index is 188. The molecule has 102 valence electrons. The lowest BCUT2D eigenvalue weighted by Crippen LogP contribution is -2.43. The molecular formula is C13H26O4. The van der Waals surface area contributed by atoms with E-state index >= 15 is 0 Å². The monoisotopic (exact) mass is 246 g/mol. The van der Waals surface area contributed by atoms with E-state index in [1.165, 1.54) is 12.8 Å². The first-order chi connectivity index (χ1) is 8.20. The van der Waals surface area contributed by atoms with Crippen LogP contribution in [0.25, 0.3) is 0 Å². The normalized spacial score (nSPS) is 29.5. The lowest BCUT2D eigenvalue weighted by Gasteiger charge is -2.37. The van der Waals surface area contributed by atoms with Crippen LogP contribution in [0.3, 0.4) is 0 Å². The summed E-state index contributed by atoms with van der Waals surface area (Å²) in [6.07, 6.45) is 4.32. The minimum absolute atomic E-state index is 0.119. The molecule has 1 saturated heterocycles. The van der Waals surface area contributed by atoms with Gasteiger partial charge in [0.2, 0.25) is 0 Å². The molecule has 0 unspecified atom stereocenters. The van der Waals surface area contributed by atoms with Gasteiger partial charge in [-0.05, 0) is 13.3 Å². The Kier molecular flexibility index (Phi) is 7.04. The predicted molar refractivity (Wildman–Crippen MR) is 65.8 cm³/mol. The van der Waals surface area contributed by atoms with Gasteiger partial charge in [0.15, 0.2) is 5.79 Å². The van der Waals surface area contributed by atoms with E-state index in [4.69, 9.17) is 19.3 Å². The number of ether oxygens (including phenoxy) is 3. The van der Waals surface area contributed by atoms with E-state index in [0.717, 1.165) is 19.4 Å². The summed E-state index contributed by atoms with van der Waals surface area (Å²) in [7, 11) is 0. The second kappa shape index (κ2) is 8.03. The summed E-state index contributed by atoms with van der Waals surface area (Å²) < 4.78 is 16.8. The number of aliphatic hydroxyl groups excluding tert-OH is 1. The fourth-order valence-corrected chi connectivity index (χ4v) is 1.74. The third-order valence-electron chi connectivity index (χ3n) is 3.10. The average Bonchev–Trinajstić information content (AvgIpc) is 2.35. The van der Waals surface area contributed by atoms with Crippen molar-refractivity contribution < 1.29 is 19.3 Å². The number of hydrogen-bond donors (Lipinski definition) is 1. The van der Waals surface area contributed by atoms with Crippen LogP contribution in [-0.4, -0.2) is 43.9 Å². The van der Waals surface area contributed by atoms with Crippen LogP contribution in [0.4, 0.5) is 0 Å². The van der Waals surface area contributed by atoms with Gasteiger partial charge < -0.3 is 19.3 Å². The minimum Gasteiger partial charge on any atom is -0.396 e. The SMILES string of the molecule is CCCCCOCCC1(C)OCC(CO)CO1. The summed E-state index contributed by atoms with van der Waals surface area (Å²) >= 11 is 0. The van der Waals surface area contributed by atoms with Gasteiger partial charge in [-0.15, -0.1) is 0 Å². The molecule has 1 heterocycles. The van der Waals surface area contributed by atoms with Crippen molar-refractivity contribution in [2.45, 2.75) is 45.3 Å². The molecule has 1 fully saturated rings. The molecule has 1 aliphatic heterocycles. The van der Waals surface area contributed by atoms with Crippen molar-refractivity contribution in [3.8, 4) is 0 Å². The zero-order chi connectivity index (χ0) is 12.6. The van der Waals surface area contributed by atoms with E-state index in [1.54, 1.807) is 0 Å². The highest BCUT2D eigenvalue weighted by Gasteiger charge is 2.32. The van der Waals surface area contributed by atoms with Crippen LogP contribution in [-0.2, 0) is 14.2 Å². The molecule has 0 aliphatic carbocycles. The van der Waals surface area contributed by atoms with Crippen LogP contribution >= 0.6 is 0 Å². The average molecular weight is 246 g/mol. The Balaban J connectivity index is 2.06. The summed E-state index contributed by atoms with van der Waals surface area (Å²) in [5.74, 6) is -0.412. The zero-order valence-corrected chi connectivity index (χ0v) is 11.1. The quantitative estimate of drug-likeness (QED) is 0.665. The van der Waals surface area contributed by atoms with Crippen LogP contribution in [0.1, 0.15) is 39.5 Å². The van der Waals surface area contributed by atoms with Gasteiger partial charge >= 0.3 is 0 Å². The Labute approximate surface area is 104 Å². The first-order valence-electron chi connectivity index (χ1n) is 6.66. The van der Waals surface area contributed by atoms with Crippen molar-refractivity contribution >= 4 is 0 Å². The van der Waals surface area contributed by atoms with Gasteiger partial charge in [-0.3, -0.25) is 0 Å². The number of aliphatic hydroxyl groups is 1.